The summed E-state index contributed by atoms with van der Waals surface area (Å²) in [4.78, 5) is 22.9. The molecule has 1 amide bonds. The van der Waals surface area contributed by atoms with Gasteiger partial charge in [0.2, 0.25) is 0 Å². The minimum absolute atomic E-state index is 0.0903. The zero-order chi connectivity index (χ0) is 12.8. The lowest BCUT2D eigenvalue weighted by atomic mass is 10.1. The van der Waals surface area contributed by atoms with Gasteiger partial charge in [0, 0.05) is 0 Å². The molecule has 5 heteroatoms. The first-order chi connectivity index (χ1) is 7.74. The van der Waals surface area contributed by atoms with Crippen molar-refractivity contribution in [2.75, 3.05) is 0 Å². The third kappa shape index (κ3) is 2.53. The van der Waals surface area contributed by atoms with Crippen LogP contribution in [0.4, 0.5) is 4.79 Å². The number of carboxylic acids is 1. The Morgan fingerprint density at radius 1 is 1.35 bits per heavy atom. The van der Waals surface area contributed by atoms with Gasteiger partial charge < -0.3 is 15.2 Å². The molecule has 0 radical (unpaired) electrons. The summed E-state index contributed by atoms with van der Waals surface area (Å²) in [5, 5.41) is 11.8. The van der Waals surface area contributed by atoms with Gasteiger partial charge in [-0.15, -0.1) is 0 Å². The predicted octanol–water partition coefficient (Wildman–Crippen LogP) is 1.76. The van der Waals surface area contributed by atoms with Crippen LogP contribution < -0.4 is 5.32 Å². The molecule has 0 bridgehead atoms. The van der Waals surface area contributed by atoms with Crippen molar-refractivity contribution in [2.24, 2.45) is 11.8 Å². The Morgan fingerprint density at radius 3 is 2.35 bits per heavy atom. The molecule has 0 aromatic heterocycles. The number of carboxylic acid groups (broad SMARTS) is 1. The number of nitrogens with one attached hydrogen (secondary N) is 1. The zero-order valence-electron chi connectivity index (χ0n) is 10.4. The van der Waals surface area contributed by atoms with Gasteiger partial charge in [-0.2, -0.15) is 0 Å². The molecule has 2 N–H and O–H groups in total. The van der Waals surface area contributed by atoms with Gasteiger partial charge in [-0.3, -0.25) is 0 Å². The highest BCUT2D eigenvalue weighted by atomic mass is 16.6. The van der Waals surface area contributed by atoms with Crippen LogP contribution in [0.2, 0.25) is 0 Å². The van der Waals surface area contributed by atoms with E-state index < -0.39 is 23.2 Å². The van der Waals surface area contributed by atoms with Gasteiger partial charge in [0.15, 0.2) is 0 Å². The smallest absolute Gasteiger partial charge is 0.408 e. The van der Waals surface area contributed by atoms with E-state index in [9.17, 15) is 14.7 Å². The highest BCUT2D eigenvalue weighted by molar-refractivity contribution is 5.88. The number of aliphatic carboxylic acids is 1. The van der Waals surface area contributed by atoms with Crippen LogP contribution in [0.15, 0.2) is 0 Å². The maximum absolute atomic E-state index is 11.6. The van der Waals surface area contributed by atoms with Gasteiger partial charge in [-0.05, 0) is 51.9 Å². The molecule has 2 aliphatic rings. The van der Waals surface area contributed by atoms with E-state index in [0.29, 0.717) is 12.3 Å². The van der Waals surface area contributed by atoms with E-state index in [2.05, 4.69) is 5.32 Å². The summed E-state index contributed by atoms with van der Waals surface area (Å²) >= 11 is 0. The average Bonchev–Trinajstić information content (AvgIpc) is 2.90. The summed E-state index contributed by atoms with van der Waals surface area (Å²) in [6.45, 7) is 5.27. The summed E-state index contributed by atoms with van der Waals surface area (Å²) in [5.41, 5.74) is -1.67. The lowest BCUT2D eigenvalue weighted by Gasteiger charge is -2.22. The molecule has 0 aliphatic heterocycles. The maximum atomic E-state index is 11.6. The van der Waals surface area contributed by atoms with E-state index in [-0.39, 0.29) is 5.92 Å². The van der Waals surface area contributed by atoms with Crippen LogP contribution in [0.3, 0.4) is 0 Å². The van der Waals surface area contributed by atoms with Crippen molar-refractivity contribution in [3.63, 3.8) is 0 Å². The van der Waals surface area contributed by atoms with Crippen molar-refractivity contribution in [1.82, 2.24) is 5.32 Å². The number of ether oxygens (including phenoxy) is 1. The number of carbonyl (C=O) groups is 2. The van der Waals surface area contributed by atoms with Crippen molar-refractivity contribution in [1.29, 1.82) is 0 Å². The second kappa shape index (κ2) is 3.62. The number of rotatable bonds is 3. The lowest BCUT2D eigenvalue weighted by Crippen LogP contribution is -2.47. The van der Waals surface area contributed by atoms with Crippen LogP contribution in [-0.2, 0) is 9.53 Å². The van der Waals surface area contributed by atoms with Crippen LogP contribution in [0.1, 0.15) is 40.0 Å². The van der Waals surface area contributed by atoms with Gasteiger partial charge in [0.25, 0.3) is 0 Å². The third-order valence-corrected chi connectivity index (χ3v) is 3.31. The fourth-order valence-corrected chi connectivity index (χ4v) is 2.28. The normalized spacial score (nSPS) is 31.8. The van der Waals surface area contributed by atoms with E-state index >= 15 is 0 Å². The van der Waals surface area contributed by atoms with Crippen LogP contribution >= 0.6 is 0 Å². The van der Waals surface area contributed by atoms with Crippen LogP contribution in [0.5, 0.6) is 0 Å². The van der Waals surface area contributed by atoms with Crippen LogP contribution in [0, 0.1) is 11.8 Å². The molecule has 0 spiro atoms. The SMILES string of the molecule is CC(C)(C)OC(=O)N[C@]1(C(=O)O)CC1C1CC1. The summed E-state index contributed by atoms with van der Waals surface area (Å²) in [6, 6.07) is 0. The molecule has 0 saturated heterocycles. The van der Waals surface area contributed by atoms with Crippen molar-refractivity contribution in [3.8, 4) is 0 Å². The number of hydrogen-bond donors (Lipinski definition) is 2. The van der Waals surface area contributed by atoms with E-state index in [0.717, 1.165) is 12.8 Å². The van der Waals surface area contributed by atoms with Gasteiger partial charge in [0.05, 0.1) is 0 Å². The summed E-state index contributed by atoms with van der Waals surface area (Å²) in [5.74, 6) is -0.381. The lowest BCUT2D eigenvalue weighted by molar-refractivity contribution is -0.141. The number of carbonyl (C=O) groups excluding carboxylic acids is 1. The maximum Gasteiger partial charge on any atom is 0.408 e. The van der Waals surface area contributed by atoms with Gasteiger partial charge in [-0.25, -0.2) is 9.59 Å². The first-order valence-electron chi connectivity index (χ1n) is 5.99. The Bertz CT molecular complexity index is 356. The van der Waals surface area contributed by atoms with E-state index in [1.54, 1.807) is 20.8 Å². The van der Waals surface area contributed by atoms with E-state index in [1.165, 1.54) is 0 Å². The number of hydrogen-bond acceptors (Lipinski definition) is 3. The fraction of sp³-hybridized carbons (Fsp3) is 0.833. The first kappa shape index (κ1) is 12.2. The number of amides is 1. The molecular weight excluding hydrogens is 222 g/mol. The Labute approximate surface area is 101 Å². The molecule has 0 aromatic carbocycles. The zero-order valence-corrected chi connectivity index (χ0v) is 10.4. The quantitative estimate of drug-likeness (QED) is 0.789. The first-order valence-corrected chi connectivity index (χ1v) is 5.99. The molecule has 2 aliphatic carbocycles. The van der Waals surface area contributed by atoms with Crippen LogP contribution in [-0.4, -0.2) is 28.3 Å². The molecule has 96 valence electrons. The fourth-order valence-electron chi connectivity index (χ4n) is 2.28. The molecule has 2 fully saturated rings. The van der Waals surface area contributed by atoms with Gasteiger partial charge in [-0.1, -0.05) is 0 Å². The Morgan fingerprint density at radius 2 is 1.94 bits per heavy atom. The molecule has 2 rings (SSSR count). The molecular formula is C12H19NO4. The van der Waals surface area contributed by atoms with E-state index in [1.807, 2.05) is 0 Å². The molecule has 1 unspecified atom stereocenters. The van der Waals surface area contributed by atoms with Crippen molar-refractivity contribution in [2.45, 2.75) is 51.2 Å². The molecule has 2 saturated carbocycles. The third-order valence-electron chi connectivity index (χ3n) is 3.31. The Balaban J connectivity index is 1.96. The summed E-state index contributed by atoms with van der Waals surface area (Å²) in [6.07, 6.45) is 2.06. The van der Waals surface area contributed by atoms with Crippen molar-refractivity contribution in [3.05, 3.63) is 0 Å². The molecule has 0 heterocycles. The standard InChI is InChI=1S/C12H19NO4/c1-11(2,3)17-10(16)13-12(9(14)15)6-8(12)7-4-5-7/h7-8H,4-6H2,1-3H3,(H,13,16)(H,14,15)/t8?,12-/m1/s1. The van der Waals surface area contributed by atoms with Crippen molar-refractivity contribution < 1.29 is 19.4 Å². The monoisotopic (exact) mass is 241 g/mol. The van der Waals surface area contributed by atoms with Crippen LogP contribution in [0.25, 0.3) is 0 Å². The molecule has 2 atom stereocenters. The largest absolute Gasteiger partial charge is 0.479 e. The minimum atomic E-state index is -1.07. The molecule has 0 aromatic rings. The molecule has 5 nitrogen and oxygen atoms in total. The highest BCUT2D eigenvalue weighted by Gasteiger charge is 2.66. The second-order valence-corrected chi connectivity index (χ2v) is 6.05. The average molecular weight is 241 g/mol. The molecule has 17 heavy (non-hydrogen) atoms. The summed E-state index contributed by atoms with van der Waals surface area (Å²) in [7, 11) is 0. The summed E-state index contributed by atoms with van der Waals surface area (Å²) < 4.78 is 5.10. The minimum Gasteiger partial charge on any atom is -0.479 e. The van der Waals surface area contributed by atoms with Gasteiger partial charge in [0.1, 0.15) is 11.1 Å². The van der Waals surface area contributed by atoms with E-state index in [4.69, 9.17) is 4.74 Å². The number of alkyl carbamates (subject to hydrolysis) is 1. The second-order valence-electron chi connectivity index (χ2n) is 6.05. The Hall–Kier alpha value is -1.26. The van der Waals surface area contributed by atoms with Crippen molar-refractivity contribution >= 4 is 12.1 Å². The highest BCUT2D eigenvalue weighted by Crippen LogP contribution is 2.57. The topological polar surface area (TPSA) is 75.6 Å². The Kier molecular flexibility index (Phi) is 2.60. The predicted molar refractivity (Wildman–Crippen MR) is 60.6 cm³/mol. The van der Waals surface area contributed by atoms with Gasteiger partial charge >= 0.3 is 12.1 Å².